The number of nitrogens with one attached hydrogen (secondary N) is 3. The van der Waals surface area contributed by atoms with Crippen molar-refractivity contribution < 1.29 is 14.3 Å². The molecule has 2 heterocycles. The minimum Gasteiger partial charge on any atom is -0.335 e. The van der Waals surface area contributed by atoms with Crippen molar-refractivity contribution in [2.75, 3.05) is 68.0 Å². The maximum absolute atomic E-state index is 12.5. The van der Waals surface area contributed by atoms with E-state index in [0.29, 0.717) is 12.4 Å². The number of aryl methyl sites for hydroxylation is 2. The standard InChI is InChI=1S/C23H35N7O2/c1-16-14-18-19(15-17(16)2)29(21-20(24-18)22(31)26-23(32)25-21)11-13-30(6,7)12-10-28(5)9-8-27(3)4/h14-15H,8-13H2,1-7H3/p+3. The van der Waals surface area contributed by atoms with Crippen LogP contribution in [-0.4, -0.2) is 92.0 Å². The van der Waals surface area contributed by atoms with E-state index >= 15 is 0 Å². The largest absolute Gasteiger partial charge is 0.349 e. The van der Waals surface area contributed by atoms with Crippen LogP contribution in [0.25, 0.3) is 22.6 Å². The molecule has 0 radical (unpaired) electrons. The average molecular weight is 445 g/mol. The lowest BCUT2D eigenvalue weighted by Crippen LogP contribution is -3.16. The van der Waals surface area contributed by atoms with E-state index < -0.39 is 11.2 Å². The second-order valence-electron chi connectivity index (χ2n) is 10.0. The predicted octanol–water partition coefficient (Wildman–Crippen LogP) is -2.06. The quantitative estimate of drug-likeness (QED) is 0.262. The van der Waals surface area contributed by atoms with E-state index in [1.807, 2.05) is 17.6 Å². The Morgan fingerprint density at radius 1 is 0.969 bits per heavy atom. The first-order valence-corrected chi connectivity index (χ1v) is 11.3. The molecule has 0 saturated heterocycles. The van der Waals surface area contributed by atoms with E-state index in [1.54, 1.807) is 0 Å². The summed E-state index contributed by atoms with van der Waals surface area (Å²) in [5, 5.41) is 0. The summed E-state index contributed by atoms with van der Waals surface area (Å²) in [7, 11) is 11.1. The van der Waals surface area contributed by atoms with E-state index in [-0.39, 0.29) is 5.69 Å². The lowest BCUT2D eigenvalue weighted by atomic mass is 10.1. The molecule has 9 heteroatoms. The van der Waals surface area contributed by atoms with E-state index in [1.165, 1.54) is 9.80 Å². The van der Waals surface area contributed by atoms with Crippen LogP contribution in [0.4, 0.5) is 0 Å². The Hall–Kier alpha value is -2.62. The average Bonchev–Trinajstić information content (AvgIpc) is 2.70. The second-order valence-corrected chi connectivity index (χ2v) is 10.0. The minimum atomic E-state index is -0.636. The molecule has 0 bridgehead atoms. The lowest BCUT2D eigenvalue weighted by molar-refractivity contribution is -0.959. The number of aromatic nitrogens is 4. The van der Waals surface area contributed by atoms with Gasteiger partial charge in [-0.2, -0.15) is 4.98 Å². The van der Waals surface area contributed by atoms with Crippen LogP contribution in [0.2, 0.25) is 0 Å². The van der Waals surface area contributed by atoms with E-state index in [9.17, 15) is 9.59 Å². The summed E-state index contributed by atoms with van der Waals surface area (Å²) in [6.07, 6.45) is 0. The first-order chi connectivity index (χ1) is 15.0. The van der Waals surface area contributed by atoms with Crippen LogP contribution < -0.4 is 21.0 Å². The van der Waals surface area contributed by atoms with Crippen LogP contribution in [0.3, 0.4) is 0 Å². The number of quaternary nitrogens is 3. The van der Waals surface area contributed by atoms with Gasteiger partial charge in [-0.05, 0) is 37.1 Å². The molecule has 0 aromatic heterocycles. The van der Waals surface area contributed by atoms with Crippen molar-refractivity contribution in [2.24, 2.45) is 0 Å². The van der Waals surface area contributed by atoms with Gasteiger partial charge in [0.1, 0.15) is 26.2 Å². The fourth-order valence-electron chi connectivity index (χ4n) is 3.84. The molecule has 32 heavy (non-hydrogen) atoms. The van der Waals surface area contributed by atoms with Crippen LogP contribution in [0.1, 0.15) is 11.1 Å². The topological polar surface area (TPSA) is 89.5 Å². The Kier molecular flexibility index (Phi) is 7.12. The van der Waals surface area contributed by atoms with Gasteiger partial charge in [0, 0.05) is 0 Å². The van der Waals surface area contributed by atoms with Gasteiger partial charge in [0.25, 0.3) is 5.56 Å². The van der Waals surface area contributed by atoms with E-state index in [4.69, 9.17) is 0 Å². The third-order valence-electron chi connectivity index (χ3n) is 6.35. The van der Waals surface area contributed by atoms with Crippen LogP contribution >= 0.6 is 0 Å². The summed E-state index contributed by atoms with van der Waals surface area (Å²) in [5.41, 5.74) is 2.98. The summed E-state index contributed by atoms with van der Waals surface area (Å²) < 4.78 is 2.83. The number of H-pyrrole nitrogens is 1. The summed E-state index contributed by atoms with van der Waals surface area (Å²) in [5.74, 6) is 0.353. The summed E-state index contributed by atoms with van der Waals surface area (Å²) in [6, 6.07) is 4.07. The molecule has 1 aromatic carbocycles. The van der Waals surface area contributed by atoms with Gasteiger partial charge in [-0.3, -0.25) is 9.78 Å². The molecule has 1 unspecified atom stereocenters. The van der Waals surface area contributed by atoms with Crippen molar-refractivity contribution in [3.8, 4) is 11.5 Å². The zero-order chi connectivity index (χ0) is 23.6. The van der Waals surface area contributed by atoms with Crippen molar-refractivity contribution in [1.82, 2.24) is 19.5 Å². The molecule has 9 nitrogen and oxygen atoms in total. The zero-order valence-electron chi connectivity index (χ0n) is 20.5. The van der Waals surface area contributed by atoms with Crippen molar-refractivity contribution >= 4 is 11.0 Å². The Balaban J connectivity index is 1.90. The van der Waals surface area contributed by atoms with Crippen LogP contribution in [0.5, 0.6) is 0 Å². The predicted molar refractivity (Wildman–Crippen MR) is 127 cm³/mol. The fourth-order valence-corrected chi connectivity index (χ4v) is 3.84. The molecular formula is C23H38N7O2+3. The van der Waals surface area contributed by atoms with E-state index in [2.05, 4.69) is 63.2 Å². The number of likely N-dealkylation sites (N-methyl/N-ethyl adjacent to an activating group) is 3. The monoisotopic (exact) mass is 444 g/mol. The molecule has 0 spiro atoms. The minimum absolute atomic E-state index is 0.209. The molecule has 1 atom stereocenters. The Bertz CT molecular complexity index is 1180. The van der Waals surface area contributed by atoms with Crippen LogP contribution in [0, 0.1) is 13.8 Å². The third-order valence-corrected chi connectivity index (χ3v) is 6.35. The summed E-state index contributed by atoms with van der Waals surface area (Å²) in [4.78, 5) is 38.4. The van der Waals surface area contributed by atoms with Crippen LogP contribution in [0.15, 0.2) is 21.7 Å². The highest BCUT2D eigenvalue weighted by atomic mass is 16.2. The molecule has 2 aliphatic rings. The number of benzene rings is 1. The third kappa shape index (κ3) is 5.59. The molecule has 0 aliphatic carbocycles. The Morgan fingerprint density at radius 2 is 1.66 bits per heavy atom. The van der Waals surface area contributed by atoms with Gasteiger partial charge in [-0.15, -0.1) is 0 Å². The smallest absolute Gasteiger partial charge is 0.335 e. The van der Waals surface area contributed by atoms with Crippen molar-refractivity contribution in [2.45, 2.75) is 20.4 Å². The molecule has 3 rings (SSSR count). The highest BCUT2D eigenvalue weighted by Gasteiger charge is 2.23. The molecule has 1 aromatic rings. The van der Waals surface area contributed by atoms with Gasteiger partial charge >= 0.3 is 5.69 Å². The highest BCUT2D eigenvalue weighted by molar-refractivity contribution is 5.81. The summed E-state index contributed by atoms with van der Waals surface area (Å²) in [6.45, 7) is 10.0. The molecule has 174 valence electrons. The SMILES string of the molecule is Cc1cc2nc3c(=O)[nH]c(=O)nc-3n(CC[N+](C)(C)CC[NH+](C)CC[NH+](C)C)c2cc1C. The van der Waals surface area contributed by atoms with Crippen LogP contribution in [-0.2, 0) is 6.54 Å². The number of aromatic amines is 1. The normalized spacial score (nSPS) is 13.4. The lowest BCUT2D eigenvalue weighted by Gasteiger charge is -2.31. The van der Waals surface area contributed by atoms with Gasteiger partial charge in [0.15, 0.2) is 11.5 Å². The maximum atomic E-state index is 12.5. The number of nitrogens with zero attached hydrogens (tertiary/aromatic N) is 4. The molecule has 0 amide bonds. The number of rotatable bonds is 9. The van der Waals surface area contributed by atoms with Gasteiger partial charge in [0.2, 0.25) is 0 Å². The zero-order valence-corrected chi connectivity index (χ0v) is 20.5. The molecular weight excluding hydrogens is 406 g/mol. The fraction of sp³-hybridized carbons (Fsp3) is 0.565. The Morgan fingerprint density at radius 3 is 2.34 bits per heavy atom. The van der Waals surface area contributed by atoms with Crippen molar-refractivity contribution in [3.05, 3.63) is 44.1 Å². The highest BCUT2D eigenvalue weighted by Crippen LogP contribution is 2.23. The summed E-state index contributed by atoms with van der Waals surface area (Å²) >= 11 is 0. The van der Waals surface area contributed by atoms with Gasteiger partial charge in [-0.25, -0.2) is 9.78 Å². The maximum Gasteiger partial charge on any atom is 0.349 e. The van der Waals surface area contributed by atoms with Gasteiger partial charge in [0.05, 0.1) is 59.4 Å². The molecule has 0 fully saturated rings. The number of hydrogen-bond donors (Lipinski definition) is 3. The number of fused-ring (bicyclic) bond motifs is 2. The first kappa shape index (κ1) is 24.0. The van der Waals surface area contributed by atoms with Crippen molar-refractivity contribution in [3.63, 3.8) is 0 Å². The molecule has 2 aliphatic heterocycles. The van der Waals surface area contributed by atoms with Crippen molar-refractivity contribution in [1.29, 1.82) is 0 Å². The molecule has 3 N–H and O–H groups in total. The second kappa shape index (κ2) is 9.48. The Labute approximate surface area is 189 Å². The van der Waals surface area contributed by atoms with Gasteiger partial charge < -0.3 is 18.8 Å². The van der Waals surface area contributed by atoms with E-state index in [0.717, 1.165) is 59.4 Å². The first-order valence-electron chi connectivity index (χ1n) is 11.3. The molecule has 0 saturated carbocycles. The number of hydrogen-bond acceptors (Lipinski definition) is 4. The van der Waals surface area contributed by atoms with Gasteiger partial charge in [-0.1, -0.05) is 0 Å².